The minimum absolute atomic E-state index is 0.0255. The number of carbonyl (C=O) groups is 19. The Kier molecular flexibility index (Phi) is 47.9. The highest BCUT2D eigenvalue weighted by Gasteiger charge is 2.40. The number of aliphatic carboxylic acids is 1. The van der Waals surface area contributed by atoms with Crippen LogP contribution < -0.4 is 114 Å². The summed E-state index contributed by atoms with van der Waals surface area (Å²) in [5, 5.41) is 94.8. The van der Waals surface area contributed by atoms with Crippen molar-refractivity contribution in [2.24, 2.45) is 52.2 Å². The molecule has 0 aliphatic rings. The van der Waals surface area contributed by atoms with Gasteiger partial charge >= 0.3 is 5.97 Å². The monoisotopic (exact) mass is 1810 g/mol. The summed E-state index contributed by atoms with van der Waals surface area (Å²) >= 11 is 0. The number of nitrogens with two attached hydrogens (primary N) is 6. The molecule has 0 fully saturated rings. The molecule has 18 amide bonds. The number of aliphatic hydroxyl groups excluding tert-OH is 2. The highest BCUT2D eigenvalue weighted by Crippen LogP contribution is 2.19. The average Bonchev–Trinajstić information content (AvgIpc) is 0.849. The van der Waals surface area contributed by atoms with Crippen molar-refractivity contribution in [2.45, 2.75) is 242 Å². The van der Waals surface area contributed by atoms with E-state index in [1.54, 1.807) is 58.0 Å². The van der Waals surface area contributed by atoms with Gasteiger partial charge in [0.15, 0.2) is 5.96 Å². The number of amides is 18. The lowest BCUT2D eigenvalue weighted by molar-refractivity contribution is -0.139. The molecule has 0 aliphatic heterocycles. The molecule has 712 valence electrons. The number of benzene rings is 3. The van der Waals surface area contributed by atoms with Crippen molar-refractivity contribution in [1.82, 2.24) is 79.8 Å². The molecule has 3 aromatic rings. The number of phenols is 2. The first-order valence-corrected chi connectivity index (χ1v) is 41.9. The molecule has 0 heterocycles. The molecule has 0 saturated heterocycles. The molecule has 0 saturated carbocycles. The van der Waals surface area contributed by atoms with Crippen molar-refractivity contribution >= 4 is 118 Å². The average molecular weight is 1820 g/mol. The number of aliphatic hydroxyl groups is 2. The molecule has 33 N–H and O–H groups in total. The van der Waals surface area contributed by atoms with Crippen LogP contribution in [0.25, 0.3) is 0 Å². The Hall–Kier alpha value is -13.7. The molecule has 0 aliphatic carbocycles. The normalized spacial score (nSPS) is 14.3. The van der Waals surface area contributed by atoms with Gasteiger partial charge in [-0.25, -0.2) is 0 Å². The summed E-state index contributed by atoms with van der Waals surface area (Å²) in [5.74, 6) is -22.9. The van der Waals surface area contributed by atoms with Crippen LogP contribution in [0.2, 0.25) is 0 Å². The van der Waals surface area contributed by atoms with Gasteiger partial charge in [-0.2, -0.15) is 0 Å². The number of nitrogens with one attached hydrogen (secondary N) is 16. The third kappa shape index (κ3) is 42.0. The summed E-state index contributed by atoms with van der Waals surface area (Å²) in [5.41, 5.74) is 34.2. The van der Waals surface area contributed by atoms with Crippen LogP contribution in [0.4, 0.5) is 0 Å². The van der Waals surface area contributed by atoms with Gasteiger partial charge < -0.3 is 140 Å². The van der Waals surface area contributed by atoms with Crippen molar-refractivity contribution in [3.8, 4) is 11.5 Å². The predicted molar refractivity (Wildman–Crippen MR) is 463 cm³/mol. The summed E-state index contributed by atoms with van der Waals surface area (Å²) < 4.78 is 0. The zero-order chi connectivity index (χ0) is 96.9. The molecule has 3 rings (SSSR count). The van der Waals surface area contributed by atoms with Gasteiger partial charge in [0.1, 0.15) is 96.1 Å². The second-order valence-corrected chi connectivity index (χ2v) is 32.1. The quantitative estimate of drug-likeness (QED) is 0.0142. The van der Waals surface area contributed by atoms with Crippen LogP contribution in [0.3, 0.4) is 0 Å². The summed E-state index contributed by atoms with van der Waals surface area (Å²) in [6, 6.07) is -4.43. The molecule has 46 heteroatoms. The van der Waals surface area contributed by atoms with Crippen LogP contribution in [-0.4, -0.2) is 255 Å². The molecule has 46 nitrogen and oxygen atoms in total. The van der Waals surface area contributed by atoms with Gasteiger partial charge in [0, 0.05) is 52.0 Å². The van der Waals surface area contributed by atoms with E-state index in [1.165, 1.54) is 62.4 Å². The number of carboxylic acid groups (broad SMARTS) is 1. The fourth-order valence-electron chi connectivity index (χ4n) is 12.9. The third-order valence-electron chi connectivity index (χ3n) is 19.7. The molecule has 0 aromatic heterocycles. The van der Waals surface area contributed by atoms with Gasteiger partial charge in [0.2, 0.25) is 106 Å². The lowest BCUT2D eigenvalue weighted by Gasteiger charge is -2.30. The topological polar surface area (TPSA) is 786 Å². The smallest absolute Gasteiger partial charge is 0.303 e. The number of guanidine groups is 1. The van der Waals surface area contributed by atoms with Crippen molar-refractivity contribution in [1.29, 1.82) is 5.41 Å². The summed E-state index contributed by atoms with van der Waals surface area (Å²) in [7, 11) is 0. The Morgan fingerprint density at radius 2 is 0.659 bits per heavy atom. The number of aromatic hydroxyl groups is 2. The highest BCUT2D eigenvalue weighted by molar-refractivity contribution is 6.01. The fraction of sp³-hybridized carbons (Fsp3) is 0.542. The minimum Gasteiger partial charge on any atom is -0.508 e. The van der Waals surface area contributed by atoms with Gasteiger partial charge in [0.25, 0.3) is 0 Å². The van der Waals surface area contributed by atoms with E-state index in [0.717, 1.165) is 6.92 Å². The molecular weight excluding hydrogens is 1690 g/mol. The van der Waals surface area contributed by atoms with E-state index in [9.17, 15) is 117 Å². The first kappa shape index (κ1) is 110. The second kappa shape index (κ2) is 56.4. The van der Waals surface area contributed by atoms with Crippen LogP contribution in [0.5, 0.6) is 11.5 Å². The van der Waals surface area contributed by atoms with Crippen LogP contribution in [0, 0.1) is 23.2 Å². The SMILES string of the molecule is CC(=O)N[C@@H](CO)C(=O)N[C@@H](CO)C(=O)N[C@@H](CCC(N)=O)C(=O)N[C@@H](CCCCN)C(=O)N[C@@H](Cc1ccccc1)C(=O)N[C@@H](CC(C)C)C(=O)N[C@@H](CCC(=O)O)C(=O)N[C@H](C(=O)N[C@@H](Cc1ccc(O)cc1)C(=O)N[C@@H](CCC(N)=O)C(=O)N[C@@H](CCCNC(=N)N)C(=O)N[C@@H](CC(C)C)C(=O)N[C@@H](Cc1ccc(O)cc1)C(=O)N[C@@H](CC(N)=O)C(N)=O)C(C)C. The maximum absolute atomic E-state index is 15.0. The van der Waals surface area contributed by atoms with E-state index in [1.807, 2.05) is 0 Å². The number of carbonyl (C=O) groups excluding carboxylic acids is 18. The van der Waals surface area contributed by atoms with E-state index in [0.29, 0.717) is 17.5 Å². The Morgan fingerprint density at radius 3 is 1.00 bits per heavy atom. The second-order valence-electron chi connectivity index (χ2n) is 32.1. The minimum atomic E-state index is -1.82. The lowest BCUT2D eigenvalue weighted by atomic mass is 9.98. The zero-order valence-corrected chi connectivity index (χ0v) is 73.1. The Bertz CT molecular complexity index is 4330. The standard InChI is InChI=1S/C83H126N22O24/c1-42(2)34-57(100-79(126)59(36-46-14-9-8-10-15-46)101-70(117)51(16-11-12-32-84)93-73(120)54(27-30-65(86)112)97-81(128)63(41-107)104-80(127)62(40-106)92-45(7)108)75(122)96-55(28-31-67(114)115)74(121)105-68(44(5)6)82(129)103-61(38-48-20-24-50(110)25-21-48)77(124)95-53(26-29-64(85)111)72(119)94-52(17-13-33-91-83(89)90)71(118)99-58(35-43(3)4)76(123)102-60(37-47-18-22-49(109)23-19-47)78(125)98-56(69(88)116)39-66(87)113/h8-10,14-15,18-25,42-44,51-63,68,106-107,109-110H,11-13,16-17,26-41,84H2,1-7H3,(H2,85,111)(H2,86,112)(H2,87,113)(H2,88,116)(H,92,108)(H,93,120)(H,94,119)(H,95,124)(H,96,122)(H,97,128)(H,98,125)(H,99,118)(H,100,126)(H,101,117)(H,102,123)(H,103,129)(H,104,127)(H,105,121)(H,114,115)(H4,89,90,91)/t51-,52-,53-,54-,55-,56-,57-,58-,59-,60-,61-,62-,63-,68-/m0/s1. The first-order valence-electron chi connectivity index (χ1n) is 41.9. The molecular formula is C83H126N22O24. The number of carboxylic acids is 1. The molecule has 0 radical (unpaired) electrons. The van der Waals surface area contributed by atoms with Crippen LogP contribution in [0.15, 0.2) is 78.9 Å². The predicted octanol–water partition coefficient (Wildman–Crippen LogP) is -7.19. The third-order valence-corrected chi connectivity index (χ3v) is 19.7. The first-order chi connectivity index (χ1) is 60.7. The van der Waals surface area contributed by atoms with Gasteiger partial charge in [0.05, 0.1) is 19.6 Å². The maximum Gasteiger partial charge on any atom is 0.303 e. The van der Waals surface area contributed by atoms with Gasteiger partial charge in [-0.15, -0.1) is 0 Å². The number of primary amides is 4. The van der Waals surface area contributed by atoms with E-state index >= 15 is 0 Å². The Labute approximate surface area is 744 Å². The van der Waals surface area contributed by atoms with Gasteiger partial charge in [-0.05, 0) is 129 Å². The molecule has 129 heavy (non-hydrogen) atoms. The number of rotatable bonds is 60. The van der Waals surface area contributed by atoms with E-state index in [4.69, 9.17) is 39.8 Å². The number of hydrogen-bond acceptors (Lipinski definition) is 25. The van der Waals surface area contributed by atoms with Gasteiger partial charge in [-0.3, -0.25) is 96.5 Å². The number of hydrogen-bond donors (Lipinski definition) is 27. The fourth-order valence-corrected chi connectivity index (χ4v) is 12.9. The van der Waals surface area contributed by atoms with Crippen LogP contribution >= 0.6 is 0 Å². The van der Waals surface area contributed by atoms with E-state index < -0.39 is 279 Å². The lowest BCUT2D eigenvalue weighted by Crippen LogP contribution is -2.62. The van der Waals surface area contributed by atoms with Crippen LogP contribution in [0.1, 0.15) is 155 Å². The zero-order valence-electron chi connectivity index (χ0n) is 73.1. The largest absolute Gasteiger partial charge is 0.508 e. The highest BCUT2D eigenvalue weighted by atomic mass is 16.4. The van der Waals surface area contributed by atoms with Gasteiger partial charge in [-0.1, -0.05) is 96.1 Å². The molecule has 0 spiro atoms. The van der Waals surface area contributed by atoms with E-state index in [-0.39, 0.29) is 87.4 Å². The van der Waals surface area contributed by atoms with Crippen molar-refractivity contribution in [3.63, 3.8) is 0 Å². The molecule has 0 unspecified atom stereocenters. The Morgan fingerprint density at radius 1 is 0.349 bits per heavy atom. The summed E-state index contributed by atoms with van der Waals surface area (Å²) in [6.45, 7) is 8.74. The molecule has 3 aromatic carbocycles. The van der Waals surface area contributed by atoms with Crippen molar-refractivity contribution in [2.75, 3.05) is 26.3 Å². The van der Waals surface area contributed by atoms with Crippen molar-refractivity contribution < 1.29 is 117 Å². The van der Waals surface area contributed by atoms with Crippen molar-refractivity contribution in [3.05, 3.63) is 95.6 Å². The summed E-state index contributed by atoms with van der Waals surface area (Å²) in [4.78, 5) is 261. The number of phenolic OH excluding ortho intramolecular Hbond substituents is 2. The number of unbranched alkanes of at least 4 members (excludes halogenated alkanes) is 1. The van der Waals surface area contributed by atoms with Crippen LogP contribution in [-0.2, 0) is 110 Å². The Balaban J connectivity index is 2.08. The molecule has 0 bridgehead atoms. The summed E-state index contributed by atoms with van der Waals surface area (Å²) in [6.07, 6.45) is -5.70. The maximum atomic E-state index is 15.0. The van der Waals surface area contributed by atoms with E-state index in [2.05, 4.69) is 79.8 Å². The molecule has 14 atom stereocenters.